The smallest absolute Gasteiger partial charge is 0.269 e. The molecule has 1 N–H and O–H groups in total. The zero-order valence-corrected chi connectivity index (χ0v) is 8.80. The van der Waals surface area contributed by atoms with Crippen molar-refractivity contribution in [1.29, 1.82) is 0 Å². The minimum atomic E-state index is -3.83. The summed E-state index contributed by atoms with van der Waals surface area (Å²) in [6.07, 6.45) is 0. The summed E-state index contributed by atoms with van der Waals surface area (Å²) >= 11 is 0. The van der Waals surface area contributed by atoms with Gasteiger partial charge in [0.2, 0.25) is 5.91 Å². The molecule has 0 bridgehead atoms. The third kappa shape index (κ3) is 1.92. The summed E-state index contributed by atoms with van der Waals surface area (Å²) in [5.41, 5.74) is 0.233. The molecule has 0 aliphatic heterocycles. The van der Waals surface area contributed by atoms with E-state index in [4.69, 9.17) is 0 Å². The number of carbonyl (C=O) groups excluding carboxylic acids is 1. The normalized spacial score (nSPS) is 11.4. The van der Waals surface area contributed by atoms with Crippen LogP contribution in [0, 0.1) is 13.8 Å². The van der Waals surface area contributed by atoms with E-state index in [2.05, 4.69) is 9.68 Å². The molecule has 0 aliphatic rings. The first-order chi connectivity index (χ1) is 6.34. The van der Waals surface area contributed by atoms with E-state index in [-0.39, 0.29) is 16.3 Å². The SMILES string of the molecule is CC(=O)NS(=O)(=O)c1c(C)noc1C. The first kappa shape index (κ1) is 10.7. The monoisotopic (exact) mass is 218 g/mol. The van der Waals surface area contributed by atoms with Gasteiger partial charge >= 0.3 is 0 Å². The largest absolute Gasteiger partial charge is 0.360 e. The molecular formula is C7H10N2O4S. The van der Waals surface area contributed by atoms with Crippen LogP contribution in [-0.2, 0) is 14.8 Å². The Balaban J connectivity index is 3.23. The lowest BCUT2D eigenvalue weighted by molar-refractivity contribution is -0.117. The maximum atomic E-state index is 11.5. The van der Waals surface area contributed by atoms with Crippen LogP contribution in [0.25, 0.3) is 0 Å². The quantitative estimate of drug-likeness (QED) is 0.761. The van der Waals surface area contributed by atoms with E-state index in [1.54, 1.807) is 0 Å². The highest BCUT2D eigenvalue weighted by atomic mass is 32.2. The van der Waals surface area contributed by atoms with E-state index in [1.165, 1.54) is 13.8 Å². The van der Waals surface area contributed by atoms with E-state index < -0.39 is 15.9 Å². The van der Waals surface area contributed by atoms with Gasteiger partial charge in [0.05, 0.1) is 0 Å². The van der Waals surface area contributed by atoms with Crippen molar-refractivity contribution in [2.75, 3.05) is 0 Å². The van der Waals surface area contributed by atoms with Gasteiger partial charge in [-0.1, -0.05) is 5.16 Å². The molecule has 0 fully saturated rings. The third-order valence-corrected chi connectivity index (χ3v) is 3.19. The number of carbonyl (C=O) groups is 1. The lowest BCUT2D eigenvalue weighted by Crippen LogP contribution is -2.28. The van der Waals surface area contributed by atoms with Gasteiger partial charge in [0.1, 0.15) is 5.69 Å². The Morgan fingerprint density at radius 3 is 2.36 bits per heavy atom. The van der Waals surface area contributed by atoms with Crippen LogP contribution in [-0.4, -0.2) is 19.5 Å². The number of nitrogens with zero attached hydrogens (tertiary/aromatic N) is 1. The molecule has 0 saturated heterocycles. The molecule has 0 aromatic carbocycles. The molecule has 0 unspecified atom stereocenters. The summed E-state index contributed by atoms with van der Waals surface area (Å²) < 4.78 is 29.5. The summed E-state index contributed by atoms with van der Waals surface area (Å²) in [7, 11) is -3.83. The first-order valence-corrected chi connectivity index (χ1v) is 5.29. The van der Waals surface area contributed by atoms with E-state index in [9.17, 15) is 13.2 Å². The van der Waals surface area contributed by atoms with E-state index >= 15 is 0 Å². The van der Waals surface area contributed by atoms with Crippen molar-refractivity contribution >= 4 is 15.9 Å². The van der Waals surface area contributed by atoms with Gasteiger partial charge in [-0.15, -0.1) is 0 Å². The average Bonchev–Trinajstić information content (AvgIpc) is 2.27. The van der Waals surface area contributed by atoms with E-state index in [0.717, 1.165) is 6.92 Å². The van der Waals surface area contributed by atoms with Crippen LogP contribution in [0.15, 0.2) is 9.42 Å². The number of aryl methyl sites for hydroxylation is 2. The predicted octanol–water partition coefficient (Wildman–Crippen LogP) is 0.116. The molecule has 1 heterocycles. The van der Waals surface area contributed by atoms with Crippen molar-refractivity contribution in [2.45, 2.75) is 25.7 Å². The van der Waals surface area contributed by atoms with Gasteiger partial charge in [0.25, 0.3) is 10.0 Å². The number of rotatable bonds is 2. The number of amides is 1. The molecular weight excluding hydrogens is 208 g/mol. The summed E-state index contributed by atoms with van der Waals surface area (Å²) in [6, 6.07) is 0. The van der Waals surface area contributed by atoms with Crippen LogP contribution in [0.5, 0.6) is 0 Å². The fraction of sp³-hybridized carbons (Fsp3) is 0.429. The zero-order valence-electron chi connectivity index (χ0n) is 7.99. The number of sulfonamides is 1. The Morgan fingerprint density at radius 1 is 1.43 bits per heavy atom. The lowest BCUT2D eigenvalue weighted by Gasteiger charge is -2.02. The molecule has 0 radical (unpaired) electrons. The van der Waals surface area contributed by atoms with Crippen molar-refractivity contribution < 1.29 is 17.7 Å². The van der Waals surface area contributed by atoms with Crippen LogP contribution in [0.1, 0.15) is 18.4 Å². The molecule has 6 nitrogen and oxygen atoms in total. The van der Waals surface area contributed by atoms with Crippen LogP contribution < -0.4 is 4.72 Å². The molecule has 1 aromatic heterocycles. The van der Waals surface area contributed by atoms with Gasteiger partial charge in [0, 0.05) is 6.92 Å². The highest BCUT2D eigenvalue weighted by molar-refractivity contribution is 7.90. The molecule has 14 heavy (non-hydrogen) atoms. The second kappa shape index (κ2) is 3.41. The lowest BCUT2D eigenvalue weighted by atomic mass is 10.4. The second-order valence-electron chi connectivity index (χ2n) is 2.81. The number of nitrogens with one attached hydrogen (secondary N) is 1. The van der Waals surface area contributed by atoms with Crippen LogP contribution in [0.4, 0.5) is 0 Å². The molecule has 1 aromatic rings. The van der Waals surface area contributed by atoms with Gasteiger partial charge < -0.3 is 4.52 Å². The maximum absolute atomic E-state index is 11.5. The van der Waals surface area contributed by atoms with Crippen molar-refractivity contribution in [3.8, 4) is 0 Å². The van der Waals surface area contributed by atoms with Gasteiger partial charge in [-0.2, -0.15) is 0 Å². The Kier molecular flexibility index (Phi) is 2.61. The van der Waals surface area contributed by atoms with Crippen molar-refractivity contribution in [3.63, 3.8) is 0 Å². The highest BCUT2D eigenvalue weighted by Crippen LogP contribution is 2.18. The van der Waals surface area contributed by atoms with Gasteiger partial charge in [-0.25, -0.2) is 13.1 Å². The fourth-order valence-electron chi connectivity index (χ4n) is 1.10. The summed E-state index contributed by atoms with van der Waals surface area (Å²) in [6.45, 7) is 4.08. The van der Waals surface area contributed by atoms with E-state index in [1.807, 2.05) is 4.72 Å². The molecule has 0 saturated carbocycles. The number of hydrogen-bond acceptors (Lipinski definition) is 5. The van der Waals surface area contributed by atoms with Gasteiger partial charge in [0.15, 0.2) is 10.7 Å². The fourth-order valence-corrected chi connectivity index (χ4v) is 2.42. The molecule has 1 amide bonds. The minimum absolute atomic E-state index is 0.0762. The van der Waals surface area contributed by atoms with Crippen molar-refractivity contribution in [2.24, 2.45) is 0 Å². The highest BCUT2D eigenvalue weighted by Gasteiger charge is 2.24. The minimum Gasteiger partial charge on any atom is -0.360 e. The summed E-state index contributed by atoms with van der Waals surface area (Å²) in [5.74, 6) is -0.485. The van der Waals surface area contributed by atoms with Gasteiger partial charge in [-0.3, -0.25) is 4.79 Å². The third-order valence-electron chi connectivity index (χ3n) is 1.51. The van der Waals surface area contributed by atoms with Gasteiger partial charge in [-0.05, 0) is 13.8 Å². The Bertz CT molecular complexity index is 441. The number of hydrogen-bond donors (Lipinski definition) is 1. The molecule has 0 aliphatic carbocycles. The molecule has 78 valence electrons. The molecule has 0 atom stereocenters. The Morgan fingerprint density at radius 2 is 2.00 bits per heavy atom. The Labute approximate surface area is 81.3 Å². The van der Waals surface area contributed by atoms with Crippen LogP contribution in [0.3, 0.4) is 0 Å². The maximum Gasteiger partial charge on any atom is 0.269 e. The van der Waals surface area contributed by atoms with Crippen molar-refractivity contribution in [1.82, 2.24) is 9.88 Å². The topological polar surface area (TPSA) is 89.3 Å². The molecule has 0 spiro atoms. The second-order valence-corrected chi connectivity index (χ2v) is 4.43. The van der Waals surface area contributed by atoms with E-state index in [0.29, 0.717) is 0 Å². The summed E-state index contributed by atoms with van der Waals surface area (Å²) in [4.78, 5) is 10.6. The standard InChI is InChI=1S/C7H10N2O4S/c1-4-7(5(2)13-8-4)14(11,12)9-6(3)10/h1-3H3,(H,9,10). The first-order valence-electron chi connectivity index (χ1n) is 3.81. The predicted molar refractivity (Wildman–Crippen MR) is 47.0 cm³/mol. The summed E-state index contributed by atoms with van der Waals surface area (Å²) in [5, 5.41) is 3.48. The molecule has 1 rings (SSSR count). The Hall–Kier alpha value is -1.37. The number of aromatic nitrogens is 1. The molecule has 7 heteroatoms. The zero-order chi connectivity index (χ0) is 10.9. The van der Waals surface area contributed by atoms with Crippen molar-refractivity contribution in [3.05, 3.63) is 11.5 Å². The average molecular weight is 218 g/mol. The van der Waals surface area contributed by atoms with Crippen LogP contribution >= 0.6 is 0 Å². The van der Waals surface area contributed by atoms with Crippen LogP contribution in [0.2, 0.25) is 0 Å².